The summed E-state index contributed by atoms with van der Waals surface area (Å²) in [5.41, 5.74) is 1.99. The number of piperidine rings is 1. The molecule has 2 aromatic rings. The number of carbonyl (C=O) groups is 2. The first-order valence-electron chi connectivity index (χ1n) is 10.3. The first kappa shape index (κ1) is 21.8. The van der Waals surface area contributed by atoms with Gasteiger partial charge in [-0.25, -0.2) is 9.48 Å². The van der Waals surface area contributed by atoms with E-state index in [9.17, 15) is 9.59 Å². The lowest BCUT2D eigenvalue weighted by atomic mass is 9.98. The van der Waals surface area contributed by atoms with Gasteiger partial charge in [0, 0.05) is 13.1 Å². The van der Waals surface area contributed by atoms with Crippen LogP contribution < -0.4 is 4.74 Å². The van der Waals surface area contributed by atoms with Crippen LogP contribution in [0.25, 0.3) is 5.69 Å². The maximum atomic E-state index is 12.5. The van der Waals surface area contributed by atoms with Crippen LogP contribution >= 0.6 is 0 Å². The standard InChI is InChI=1S/C22H29N3O5/c1-4-29-21(26)16-7-6-12-24(14-16)15-20-19(22(27)30-5-2)13-23-25(20)17-8-10-18(28-3)11-9-17/h8-11,13,16H,4-7,12,14-15H2,1-3H3. The van der Waals surface area contributed by atoms with Gasteiger partial charge in [0.2, 0.25) is 0 Å². The second-order valence-corrected chi connectivity index (χ2v) is 7.16. The van der Waals surface area contributed by atoms with Gasteiger partial charge in [-0.15, -0.1) is 0 Å². The highest BCUT2D eigenvalue weighted by Gasteiger charge is 2.29. The van der Waals surface area contributed by atoms with Crippen LogP contribution in [-0.2, 0) is 20.8 Å². The number of hydrogen-bond donors (Lipinski definition) is 0. The third-order valence-corrected chi connectivity index (χ3v) is 5.18. The van der Waals surface area contributed by atoms with Crippen molar-refractivity contribution in [3.05, 3.63) is 41.7 Å². The molecule has 30 heavy (non-hydrogen) atoms. The molecule has 1 saturated heterocycles. The van der Waals surface area contributed by atoms with Gasteiger partial charge >= 0.3 is 11.9 Å². The molecule has 1 aromatic carbocycles. The Hall–Kier alpha value is -2.87. The summed E-state index contributed by atoms with van der Waals surface area (Å²) in [7, 11) is 1.61. The lowest BCUT2D eigenvalue weighted by Gasteiger charge is -2.31. The molecule has 8 heteroatoms. The Labute approximate surface area is 176 Å². The number of aromatic nitrogens is 2. The zero-order valence-corrected chi connectivity index (χ0v) is 17.8. The minimum absolute atomic E-state index is 0.151. The first-order chi connectivity index (χ1) is 14.6. The highest BCUT2D eigenvalue weighted by atomic mass is 16.5. The van der Waals surface area contributed by atoms with Gasteiger partial charge in [-0.05, 0) is 57.5 Å². The van der Waals surface area contributed by atoms with Crippen molar-refractivity contribution >= 4 is 11.9 Å². The van der Waals surface area contributed by atoms with Crippen molar-refractivity contribution in [2.24, 2.45) is 5.92 Å². The smallest absolute Gasteiger partial charge is 0.341 e. The van der Waals surface area contributed by atoms with Gasteiger partial charge in [0.25, 0.3) is 0 Å². The average molecular weight is 415 g/mol. The number of carbonyl (C=O) groups excluding carboxylic acids is 2. The molecule has 3 rings (SSSR count). The maximum absolute atomic E-state index is 12.5. The third kappa shape index (κ3) is 4.99. The molecule has 1 unspecified atom stereocenters. The Kier molecular flexibility index (Phi) is 7.46. The molecule has 1 aliphatic rings. The van der Waals surface area contributed by atoms with E-state index in [2.05, 4.69) is 10.00 Å². The van der Waals surface area contributed by atoms with Crippen molar-refractivity contribution in [1.82, 2.24) is 14.7 Å². The van der Waals surface area contributed by atoms with Crippen molar-refractivity contribution < 1.29 is 23.8 Å². The van der Waals surface area contributed by atoms with E-state index < -0.39 is 5.97 Å². The SMILES string of the molecule is CCOC(=O)c1cnn(-c2ccc(OC)cc2)c1CN1CCCC(C(=O)OCC)C1. The summed E-state index contributed by atoms with van der Waals surface area (Å²) in [5.74, 6) is 0.0381. The van der Waals surface area contributed by atoms with Crippen LogP contribution in [0.5, 0.6) is 5.75 Å². The molecule has 0 bridgehead atoms. The normalized spacial score (nSPS) is 16.8. The predicted octanol–water partition coefficient (Wildman–Crippen LogP) is 2.83. The second kappa shape index (κ2) is 10.2. The van der Waals surface area contributed by atoms with E-state index in [1.165, 1.54) is 0 Å². The van der Waals surface area contributed by atoms with Gasteiger partial charge in [0.05, 0.1) is 43.8 Å². The van der Waals surface area contributed by atoms with Crippen LogP contribution in [-0.4, -0.2) is 60.0 Å². The Morgan fingerprint density at radius 2 is 1.87 bits per heavy atom. The summed E-state index contributed by atoms with van der Waals surface area (Å²) in [6.45, 7) is 6.18. The number of nitrogens with zero attached hydrogens (tertiary/aromatic N) is 3. The van der Waals surface area contributed by atoms with Crippen LogP contribution in [0, 0.1) is 5.92 Å². The predicted molar refractivity (Wildman–Crippen MR) is 111 cm³/mol. The van der Waals surface area contributed by atoms with Crippen molar-refractivity contribution in [2.45, 2.75) is 33.2 Å². The molecule has 1 fully saturated rings. The molecule has 2 heterocycles. The topological polar surface area (TPSA) is 82.9 Å². The Bertz CT molecular complexity index is 862. The summed E-state index contributed by atoms with van der Waals surface area (Å²) >= 11 is 0. The fraction of sp³-hybridized carbons (Fsp3) is 0.500. The summed E-state index contributed by atoms with van der Waals surface area (Å²) < 4.78 is 17.4. The molecular formula is C22H29N3O5. The van der Waals surface area contributed by atoms with Gasteiger partial charge in [0.15, 0.2) is 0 Å². The van der Waals surface area contributed by atoms with Crippen LogP contribution in [0.2, 0.25) is 0 Å². The minimum atomic E-state index is -0.397. The van der Waals surface area contributed by atoms with E-state index in [0.29, 0.717) is 31.9 Å². The Balaban J connectivity index is 1.87. The summed E-state index contributed by atoms with van der Waals surface area (Å²) in [5, 5.41) is 4.45. The van der Waals surface area contributed by atoms with Crippen molar-refractivity contribution in [3.63, 3.8) is 0 Å². The van der Waals surface area contributed by atoms with Crippen LogP contribution in [0.1, 0.15) is 42.7 Å². The lowest BCUT2D eigenvalue weighted by Crippen LogP contribution is -2.39. The van der Waals surface area contributed by atoms with Gasteiger partial charge < -0.3 is 14.2 Å². The molecule has 0 saturated carbocycles. The van der Waals surface area contributed by atoms with E-state index in [4.69, 9.17) is 14.2 Å². The summed E-state index contributed by atoms with van der Waals surface area (Å²) in [6, 6.07) is 7.48. The molecule has 0 aliphatic carbocycles. The zero-order valence-electron chi connectivity index (χ0n) is 17.8. The zero-order chi connectivity index (χ0) is 21.5. The monoisotopic (exact) mass is 415 g/mol. The molecule has 0 N–H and O–H groups in total. The van der Waals surface area contributed by atoms with Gasteiger partial charge in [0.1, 0.15) is 11.3 Å². The van der Waals surface area contributed by atoms with Gasteiger partial charge in [-0.2, -0.15) is 5.10 Å². The fourth-order valence-corrected chi connectivity index (χ4v) is 3.71. The molecule has 0 amide bonds. The molecule has 1 aliphatic heterocycles. The average Bonchev–Trinajstić information content (AvgIpc) is 3.18. The van der Waals surface area contributed by atoms with Gasteiger partial charge in [-0.1, -0.05) is 0 Å². The summed E-state index contributed by atoms with van der Waals surface area (Å²) in [6.07, 6.45) is 3.26. The highest BCUT2D eigenvalue weighted by Crippen LogP contribution is 2.24. The maximum Gasteiger partial charge on any atom is 0.341 e. The molecule has 162 valence electrons. The first-order valence-corrected chi connectivity index (χ1v) is 10.3. The number of likely N-dealkylation sites (tertiary alicyclic amines) is 1. The van der Waals surface area contributed by atoms with Crippen LogP contribution in [0.3, 0.4) is 0 Å². The minimum Gasteiger partial charge on any atom is -0.497 e. The van der Waals surface area contributed by atoms with Crippen LogP contribution in [0.4, 0.5) is 0 Å². The number of hydrogen-bond acceptors (Lipinski definition) is 7. The van der Waals surface area contributed by atoms with Crippen molar-refractivity contribution in [1.29, 1.82) is 0 Å². The fourth-order valence-electron chi connectivity index (χ4n) is 3.71. The quantitative estimate of drug-likeness (QED) is 0.613. The number of benzene rings is 1. The van der Waals surface area contributed by atoms with E-state index in [1.54, 1.807) is 24.9 Å². The molecule has 1 aromatic heterocycles. The van der Waals surface area contributed by atoms with E-state index in [-0.39, 0.29) is 11.9 Å². The molecule has 8 nitrogen and oxygen atoms in total. The number of rotatable bonds is 8. The lowest BCUT2D eigenvalue weighted by molar-refractivity contribution is -0.150. The Morgan fingerprint density at radius 3 is 2.53 bits per heavy atom. The number of ether oxygens (including phenoxy) is 3. The molecule has 1 atom stereocenters. The van der Waals surface area contributed by atoms with Crippen molar-refractivity contribution in [3.8, 4) is 11.4 Å². The second-order valence-electron chi connectivity index (χ2n) is 7.16. The van der Waals surface area contributed by atoms with Crippen molar-refractivity contribution in [2.75, 3.05) is 33.4 Å². The van der Waals surface area contributed by atoms with E-state index in [0.717, 1.165) is 36.5 Å². The largest absolute Gasteiger partial charge is 0.497 e. The number of methoxy groups -OCH3 is 1. The van der Waals surface area contributed by atoms with E-state index in [1.807, 2.05) is 31.2 Å². The highest BCUT2D eigenvalue weighted by molar-refractivity contribution is 5.90. The third-order valence-electron chi connectivity index (χ3n) is 5.18. The number of esters is 2. The van der Waals surface area contributed by atoms with Crippen LogP contribution in [0.15, 0.2) is 30.5 Å². The Morgan fingerprint density at radius 1 is 1.13 bits per heavy atom. The molecule has 0 radical (unpaired) electrons. The van der Waals surface area contributed by atoms with Gasteiger partial charge in [-0.3, -0.25) is 9.69 Å². The summed E-state index contributed by atoms with van der Waals surface area (Å²) in [4.78, 5) is 26.9. The molecular weight excluding hydrogens is 386 g/mol. The molecule has 0 spiro atoms. The van der Waals surface area contributed by atoms with E-state index >= 15 is 0 Å².